The summed E-state index contributed by atoms with van der Waals surface area (Å²) in [4.78, 5) is 14.4. The highest BCUT2D eigenvalue weighted by molar-refractivity contribution is 9.10. The number of carbonyl (C=O) groups is 1. The van der Waals surface area contributed by atoms with Crippen LogP contribution in [0.5, 0.6) is 0 Å². The van der Waals surface area contributed by atoms with Crippen molar-refractivity contribution >= 4 is 39.2 Å². The molecule has 14 heavy (non-hydrogen) atoms. The maximum Gasteiger partial charge on any atom is 0.149 e. The van der Waals surface area contributed by atoms with Gasteiger partial charge in [-0.15, -0.1) is 11.8 Å². The maximum atomic E-state index is 11.0. The Hall–Kier alpha value is -0.480. The van der Waals surface area contributed by atoms with Gasteiger partial charge in [0, 0.05) is 9.37 Å². The minimum atomic E-state index is 0.210. The number of thioether (sulfide) groups is 1. The Bertz CT molecular complexity index is 380. The minimum Gasteiger partial charge on any atom is -0.354 e. The van der Waals surface area contributed by atoms with Crippen LogP contribution >= 0.6 is 27.7 Å². The van der Waals surface area contributed by atoms with E-state index in [2.05, 4.69) is 33.0 Å². The third-order valence-corrected chi connectivity index (χ3v) is 3.62. The molecule has 2 rings (SSSR count). The summed E-state index contributed by atoms with van der Waals surface area (Å²) >= 11 is 5.21. The lowest BCUT2D eigenvalue weighted by molar-refractivity contribution is -0.115. The summed E-state index contributed by atoms with van der Waals surface area (Å²) in [6.45, 7) is 2.14. The zero-order chi connectivity index (χ0) is 10.1. The zero-order valence-corrected chi connectivity index (χ0v) is 10.2. The van der Waals surface area contributed by atoms with E-state index in [4.69, 9.17) is 0 Å². The molecule has 1 aliphatic rings. The molecule has 2 nitrogen and oxygen atoms in total. The fourth-order valence-corrected chi connectivity index (χ4v) is 3.07. The molecule has 0 aliphatic carbocycles. The SMILES string of the molecule is CC(=O)CN1CSc2cc(Br)ccc21. The Labute approximate surface area is 95.8 Å². The van der Waals surface area contributed by atoms with Crippen molar-refractivity contribution in [2.45, 2.75) is 11.8 Å². The summed E-state index contributed by atoms with van der Waals surface area (Å²) in [7, 11) is 0. The molecule has 0 radical (unpaired) electrons. The van der Waals surface area contributed by atoms with Gasteiger partial charge < -0.3 is 4.90 Å². The number of hydrogen-bond donors (Lipinski definition) is 0. The molecule has 1 aromatic rings. The molecule has 1 aromatic carbocycles. The first-order valence-corrected chi connectivity index (χ1v) is 6.11. The van der Waals surface area contributed by atoms with E-state index in [1.807, 2.05) is 6.07 Å². The van der Waals surface area contributed by atoms with E-state index in [-0.39, 0.29) is 5.78 Å². The van der Waals surface area contributed by atoms with Crippen LogP contribution in [0.1, 0.15) is 6.92 Å². The molecule has 74 valence electrons. The first-order chi connectivity index (χ1) is 6.66. The van der Waals surface area contributed by atoms with Crippen molar-refractivity contribution < 1.29 is 4.79 Å². The van der Waals surface area contributed by atoms with Gasteiger partial charge in [-0.05, 0) is 25.1 Å². The van der Waals surface area contributed by atoms with Gasteiger partial charge in [0.2, 0.25) is 0 Å². The van der Waals surface area contributed by atoms with Crippen molar-refractivity contribution in [3.63, 3.8) is 0 Å². The molecule has 0 saturated heterocycles. The molecule has 1 heterocycles. The predicted octanol–water partition coefficient (Wildman–Crippen LogP) is 2.91. The lowest BCUT2D eigenvalue weighted by Gasteiger charge is -2.15. The fourth-order valence-electron chi connectivity index (χ4n) is 1.48. The highest BCUT2D eigenvalue weighted by Crippen LogP contribution is 2.39. The number of halogens is 1. The summed E-state index contributed by atoms with van der Waals surface area (Å²) in [5.74, 6) is 1.09. The second-order valence-corrected chi connectivity index (χ2v) is 5.19. The molecule has 0 atom stereocenters. The average Bonchev–Trinajstić information content (AvgIpc) is 2.47. The Balaban J connectivity index is 2.26. The van der Waals surface area contributed by atoms with Crippen molar-refractivity contribution in [2.75, 3.05) is 17.3 Å². The Kier molecular flexibility index (Phi) is 2.83. The van der Waals surface area contributed by atoms with Gasteiger partial charge in [-0.1, -0.05) is 15.9 Å². The van der Waals surface area contributed by atoms with E-state index >= 15 is 0 Å². The molecule has 0 bridgehead atoms. The number of fused-ring (bicyclic) bond motifs is 1. The summed E-state index contributed by atoms with van der Waals surface area (Å²) < 4.78 is 1.09. The van der Waals surface area contributed by atoms with Crippen LogP contribution in [0.25, 0.3) is 0 Å². The number of ketones is 1. The summed E-state index contributed by atoms with van der Waals surface area (Å²) in [6, 6.07) is 6.17. The monoisotopic (exact) mass is 271 g/mol. The third-order valence-electron chi connectivity index (χ3n) is 2.05. The average molecular weight is 272 g/mol. The topological polar surface area (TPSA) is 20.3 Å². The predicted molar refractivity (Wildman–Crippen MR) is 62.9 cm³/mol. The first kappa shape index (κ1) is 10.1. The van der Waals surface area contributed by atoms with Crippen LogP contribution in [0.2, 0.25) is 0 Å². The number of nitrogens with zero attached hydrogens (tertiary/aromatic N) is 1. The second-order valence-electron chi connectivity index (χ2n) is 3.29. The molecule has 0 aromatic heterocycles. The van der Waals surface area contributed by atoms with Crippen molar-refractivity contribution in [3.05, 3.63) is 22.7 Å². The molecule has 0 fully saturated rings. The van der Waals surface area contributed by atoms with Crippen LogP contribution in [-0.4, -0.2) is 18.2 Å². The molecule has 0 unspecified atom stereocenters. The quantitative estimate of drug-likeness (QED) is 0.825. The van der Waals surface area contributed by atoms with Gasteiger partial charge in [0.1, 0.15) is 5.78 Å². The van der Waals surface area contributed by atoms with E-state index in [0.29, 0.717) is 6.54 Å². The van der Waals surface area contributed by atoms with Crippen molar-refractivity contribution in [2.24, 2.45) is 0 Å². The largest absolute Gasteiger partial charge is 0.354 e. The molecular weight excluding hydrogens is 262 g/mol. The second kappa shape index (κ2) is 3.95. The van der Waals surface area contributed by atoms with Crippen LogP contribution in [-0.2, 0) is 4.79 Å². The molecule has 1 aliphatic heterocycles. The third kappa shape index (κ3) is 1.96. The standard InChI is InChI=1S/C10H10BrNOS/c1-7(13)5-12-6-14-10-4-8(11)2-3-9(10)12/h2-4H,5-6H2,1H3. The van der Waals surface area contributed by atoms with Crippen LogP contribution in [0, 0.1) is 0 Å². The van der Waals surface area contributed by atoms with E-state index in [0.717, 1.165) is 10.3 Å². The van der Waals surface area contributed by atoms with Crippen LogP contribution in [0.4, 0.5) is 5.69 Å². The molecule has 0 saturated carbocycles. The molecule has 4 heteroatoms. The van der Waals surface area contributed by atoms with Gasteiger partial charge in [-0.3, -0.25) is 4.79 Å². The summed E-state index contributed by atoms with van der Waals surface area (Å²) in [6.07, 6.45) is 0. The van der Waals surface area contributed by atoms with Crippen molar-refractivity contribution in [1.82, 2.24) is 0 Å². The zero-order valence-electron chi connectivity index (χ0n) is 7.79. The molecular formula is C10H10BrNOS. The van der Waals surface area contributed by atoms with Gasteiger partial charge in [0.15, 0.2) is 0 Å². The lowest BCUT2D eigenvalue weighted by Crippen LogP contribution is -2.25. The molecule has 0 amide bonds. The highest BCUT2D eigenvalue weighted by Gasteiger charge is 2.20. The fraction of sp³-hybridized carbons (Fsp3) is 0.300. The molecule has 0 spiro atoms. The maximum absolute atomic E-state index is 11.0. The van der Waals surface area contributed by atoms with Gasteiger partial charge in [0.25, 0.3) is 0 Å². The Morgan fingerprint density at radius 1 is 1.64 bits per heavy atom. The number of Topliss-reactive ketones (excluding diaryl/α,β-unsaturated/α-hetero) is 1. The first-order valence-electron chi connectivity index (χ1n) is 4.33. The van der Waals surface area contributed by atoms with E-state index in [9.17, 15) is 4.79 Å². The number of carbonyl (C=O) groups excluding carboxylic acids is 1. The van der Waals surface area contributed by atoms with Crippen LogP contribution in [0.3, 0.4) is 0 Å². The number of hydrogen-bond acceptors (Lipinski definition) is 3. The van der Waals surface area contributed by atoms with Gasteiger partial charge in [-0.2, -0.15) is 0 Å². The van der Waals surface area contributed by atoms with Crippen LogP contribution in [0.15, 0.2) is 27.6 Å². The Morgan fingerprint density at radius 2 is 2.43 bits per heavy atom. The smallest absolute Gasteiger partial charge is 0.149 e. The number of rotatable bonds is 2. The minimum absolute atomic E-state index is 0.210. The van der Waals surface area contributed by atoms with Gasteiger partial charge in [-0.25, -0.2) is 0 Å². The highest BCUT2D eigenvalue weighted by atomic mass is 79.9. The summed E-state index contributed by atoms with van der Waals surface area (Å²) in [5, 5.41) is 0. The van der Waals surface area contributed by atoms with Crippen LogP contribution < -0.4 is 4.90 Å². The van der Waals surface area contributed by atoms with Gasteiger partial charge in [0.05, 0.1) is 18.1 Å². The van der Waals surface area contributed by atoms with E-state index in [1.54, 1.807) is 18.7 Å². The van der Waals surface area contributed by atoms with Crippen molar-refractivity contribution in [1.29, 1.82) is 0 Å². The molecule has 0 N–H and O–H groups in total. The number of anilines is 1. The summed E-state index contributed by atoms with van der Waals surface area (Å²) in [5.41, 5.74) is 1.17. The normalized spacial score (nSPS) is 14.3. The van der Waals surface area contributed by atoms with Gasteiger partial charge >= 0.3 is 0 Å². The Morgan fingerprint density at radius 3 is 3.14 bits per heavy atom. The van der Waals surface area contributed by atoms with Crippen molar-refractivity contribution in [3.8, 4) is 0 Å². The van der Waals surface area contributed by atoms with E-state index < -0.39 is 0 Å². The number of benzene rings is 1. The lowest BCUT2D eigenvalue weighted by atomic mass is 10.3. The van der Waals surface area contributed by atoms with E-state index in [1.165, 1.54) is 10.6 Å².